The van der Waals surface area contributed by atoms with Gasteiger partial charge in [0.05, 0.1) is 16.8 Å². The Morgan fingerprint density at radius 1 is 0.872 bits per heavy atom. The molecule has 9 heteroatoms. The molecular formula is C30H28ClN5O2S. The molecule has 1 fully saturated rings. The SMILES string of the molecule is O=S(=O)(c1ccccc1)n1cc(-c2cc(Cl)nc(NC3CCCCC3)c2)c2cc(Nc3ccccc3)cnc21. The number of para-hydroxylation sites is 1. The summed E-state index contributed by atoms with van der Waals surface area (Å²) in [5.74, 6) is 0.683. The minimum absolute atomic E-state index is 0.189. The third-order valence-corrected chi connectivity index (χ3v) is 8.89. The van der Waals surface area contributed by atoms with Crippen LogP contribution in [0.1, 0.15) is 32.1 Å². The molecule has 6 rings (SSSR count). The lowest BCUT2D eigenvalue weighted by Gasteiger charge is -2.23. The number of nitrogens with one attached hydrogen (secondary N) is 2. The number of nitrogens with zero attached hydrogens (tertiary/aromatic N) is 3. The van der Waals surface area contributed by atoms with E-state index in [1.807, 2.05) is 42.5 Å². The Balaban J connectivity index is 1.49. The highest BCUT2D eigenvalue weighted by molar-refractivity contribution is 7.90. The zero-order valence-electron chi connectivity index (χ0n) is 21.2. The van der Waals surface area contributed by atoms with E-state index in [1.54, 1.807) is 48.8 Å². The lowest BCUT2D eigenvalue weighted by atomic mass is 9.95. The summed E-state index contributed by atoms with van der Waals surface area (Å²) in [6.07, 6.45) is 9.10. The molecule has 0 spiro atoms. The molecule has 0 saturated heterocycles. The first-order chi connectivity index (χ1) is 19.0. The zero-order valence-corrected chi connectivity index (χ0v) is 22.8. The molecule has 0 radical (unpaired) electrons. The van der Waals surface area contributed by atoms with Gasteiger partial charge in [-0.2, -0.15) is 0 Å². The Morgan fingerprint density at radius 3 is 2.33 bits per heavy atom. The maximum Gasteiger partial charge on any atom is 0.269 e. The summed E-state index contributed by atoms with van der Waals surface area (Å²) in [6, 6.07) is 24.1. The summed E-state index contributed by atoms with van der Waals surface area (Å²) in [7, 11) is -3.90. The van der Waals surface area contributed by atoms with Crippen LogP contribution in [0.25, 0.3) is 22.2 Å². The van der Waals surface area contributed by atoms with E-state index in [1.165, 1.54) is 23.2 Å². The number of aromatic nitrogens is 3. The van der Waals surface area contributed by atoms with Gasteiger partial charge in [0.1, 0.15) is 11.0 Å². The van der Waals surface area contributed by atoms with Crippen molar-refractivity contribution in [3.05, 3.63) is 96.4 Å². The van der Waals surface area contributed by atoms with Crippen molar-refractivity contribution < 1.29 is 8.42 Å². The molecule has 7 nitrogen and oxygen atoms in total. The first-order valence-electron chi connectivity index (χ1n) is 13.1. The number of halogens is 1. The van der Waals surface area contributed by atoms with Crippen LogP contribution in [0.2, 0.25) is 5.15 Å². The van der Waals surface area contributed by atoms with Crippen molar-refractivity contribution in [2.45, 2.75) is 43.0 Å². The summed E-state index contributed by atoms with van der Waals surface area (Å²) in [4.78, 5) is 9.31. The minimum atomic E-state index is -3.90. The molecule has 1 aliphatic rings. The van der Waals surface area contributed by atoms with Crippen LogP contribution in [-0.2, 0) is 10.0 Å². The van der Waals surface area contributed by atoms with Crippen LogP contribution in [0.3, 0.4) is 0 Å². The van der Waals surface area contributed by atoms with Crippen LogP contribution >= 0.6 is 11.6 Å². The summed E-state index contributed by atoms with van der Waals surface area (Å²) in [5.41, 5.74) is 3.44. The fourth-order valence-corrected chi connectivity index (χ4v) is 6.69. The lowest BCUT2D eigenvalue weighted by Crippen LogP contribution is -2.22. The minimum Gasteiger partial charge on any atom is -0.367 e. The third-order valence-electron chi connectivity index (χ3n) is 7.04. The maximum atomic E-state index is 13.7. The monoisotopic (exact) mass is 557 g/mol. The third kappa shape index (κ3) is 5.35. The lowest BCUT2D eigenvalue weighted by molar-refractivity contribution is 0.462. The highest BCUT2D eigenvalue weighted by Crippen LogP contribution is 2.36. The molecule has 0 unspecified atom stereocenters. The Labute approximate surface area is 232 Å². The van der Waals surface area contributed by atoms with Gasteiger partial charge in [0.2, 0.25) is 0 Å². The normalized spacial score (nSPS) is 14.4. The molecule has 0 amide bonds. The van der Waals surface area contributed by atoms with Crippen molar-refractivity contribution in [3.8, 4) is 11.1 Å². The van der Waals surface area contributed by atoms with Gasteiger partial charge in [-0.05, 0) is 60.9 Å². The van der Waals surface area contributed by atoms with E-state index in [-0.39, 0.29) is 4.90 Å². The van der Waals surface area contributed by atoms with Gasteiger partial charge in [0.15, 0.2) is 5.65 Å². The number of rotatable bonds is 7. The van der Waals surface area contributed by atoms with Gasteiger partial charge in [-0.3, -0.25) is 0 Å². The highest BCUT2D eigenvalue weighted by Gasteiger charge is 2.24. The van der Waals surface area contributed by atoms with Crippen LogP contribution in [0, 0.1) is 0 Å². The fourth-order valence-electron chi connectivity index (χ4n) is 5.14. The van der Waals surface area contributed by atoms with E-state index in [4.69, 9.17) is 11.6 Å². The Kier molecular flexibility index (Phi) is 6.97. The second kappa shape index (κ2) is 10.7. The smallest absolute Gasteiger partial charge is 0.269 e. The number of hydrogen-bond acceptors (Lipinski definition) is 6. The summed E-state index contributed by atoms with van der Waals surface area (Å²) in [6.45, 7) is 0. The van der Waals surface area contributed by atoms with Crippen molar-refractivity contribution >= 4 is 49.9 Å². The molecule has 3 heterocycles. The second-order valence-electron chi connectivity index (χ2n) is 9.79. The van der Waals surface area contributed by atoms with Gasteiger partial charge in [-0.15, -0.1) is 0 Å². The maximum absolute atomic E-state index is 13.7. The zero-order chi connectivity index (χ0) is 26.8. The quantitative estimate of drug-likeness (QED) is 0.202. The average Bonchev–Trinajstić information content (AvgIpc) is 3.34. The van der Waals surface area contributed by atoms with Crippen LogP contribution in [0.5, 0.6) is 0 Å². The molecule has 2 aromatic carbocycles. The molecule has 5 aromatic rings. The van der Waals surface area contributed by atoms with E-state index >= 15 is 0 Å². The number of hydrogen-bond donors (Lipinski definition) is 2. The highest BCUT2D eigenvalue weighted by atomic mass is 35.5. The molecule has 1 aliphatic carbocycles. The van der Waals surface area contributed by atoms with E-state index in [0.717, 1.165) is 29.8 Å². The first kappa shape index (κ1) is 25.4. The average molecular weight is 558 g/mol. The molecule has 1 saturated carbocycles. The van der Waals surface area contributed by atoms with Crippen molar-refractivity contribution in [2.24, 2.45) is 0 Å². The molecule has 0 bridgehead atoms. The van der Waals surface area contributed by atoms with Crippen molar-refractivity contribution in [3.63, 3.8) is 0 Å². The van der Waals surface area contributed by atoms with Gasteiger partial charge >= 0.3 is 0 Å². The van der Waals surface area contributed by atoms with Crippen LogP contribution < -0.4 is 10.6 Å². The largest absolute Gasteiger partial charge is 0.367 e. The number of benzene rings is 2. The van der Waals surface area contributed by atoms with Crippen LogP contribution in [-0.4, -0.2) is 28.4 Å². The van der Waals surface area contributed by atoms with Crippen LogP contribution in [0.15, 0.2) is 96.2 Å². The number of anilines is 3. The topological polar surface area (TPSA) is 88.9 Å². The standard InChI is InChI=1S/C30H28ClN5O2S/c31-28-16-21(17-29(35-28)34-23-12-6-2-7-13-23)27-20-36(39(37,38)25-14-8-3-9-15-25)30-26(27)18-24(19-32-30)33-22-10-4-1-5-11-22/h1,3-5,8-11,14-20,23,33H,2,6-7,12-13H2,(H,34,35). The molecule has 3 aromatic heterocycles. The summed E-state index contributed by atoms with van der Waals surface area (Å²) in [5, 5.41) is 7.92. The Bertz CT molecular complexity index is 1720. The molecule has 0 atom stereocenters. The predicted molar refractivity (Wildman–Crippen MR) is 157 cm³/mol. The van der Waals surface area contributed by atoms with E-state index in [2.05, 4.69) is 20.6 Å². The summed E-state index contributed by atoms with van der Waals surface area (Å²) < 4.78 is 28.7. The molecule has 2 N–H and O–H groups in total. The molecule has 39 heavy (non-hydrogen) atoms. The van der Waals surface area contributed by atoms with E-state index < -0.39 is 10.0 Å². The Hall–Kier alpha value is -3.88. The second-order valence-corrected chi connectivity index (χ2v) is 12.0. The van der Waals surface area contributed by atoms with Crippen LogP contribution in [0.4, 0.5) is 17.2 Å². The van der Waals surface area contributed by atoms with Gasteiger partial charge in [-0.1, -0.05) is 67.3 Å². The van der Waals surface area contributed by atoms with Crippen molar-refractivity contribution in [2.75, 3.05) is 10.6 Å². The number of pyridine rings is 2. The van der Waals surface area contributed by atoms with Gasteiger partial charge in [0, 0.05) is 28.9 Å². The summed E-state index contributed by atoms with van der Waals surface area (Å²) >= 11 is 6.50. The van der Waals surface area contributed by atoms with Crippen molar-refractivity contribution in [1.29, 1.82) is 0 Å². The first-order valence-corrected chi connectivity index (χ1v) is 14.9. The fraction of sp³-hybridized carbons (Fsp3) is 0.200. The molecule has 198 valence electrons. The van der Waals surface area contributed by atoms with E-state index in [0.29, 0.717) is 33.6 Å². The predicted octanol–water partition coefficient (Wildman–Crippen LogP) is 7.48. The molecular weight excluding hydrogens is 530 g/mol. The number of fused-ring (bicyclic) bond motifs is 1. The van der Waals surface area contributed by atoms with Gasteiger partial charge in [-0.25, -0.2) is 22.4 Å². The Morgan fingerprint density at radius 2 is 1.59 bits per heavy atom. The van der Waals surface area contributed by atoms with Crippen molar-refractivity contribution in [1.82, 2.24) is 13.9 Å². The molecule has 0 aliphatic heterocycles. The van der Waals surface area contributed by atoms with Gasteiger partial charge in [0.25, 0.3) is 10.0 Å². The van der Waals surface area contributed by atoms with Gasteiger partial charge < -0.3 is 10.6 Å². The van der Waals surface area contributed by atoms with E-state index in [9.17, 15) is 8.42 Å².